The molecule has 7 heteroatoms. The van der Waals surface area contributed by atoms with E-state index >= 15 is 0 Å². The number of amides is 1. The summed E-state index contributed by atoms with van der Waals surface area (Å²) in [5.41, 5.74) is 4.35. The Bertz CT molecular complexity index is 857. The van der Waals surface area contributed by atoms with Gasteiger partial charge >= 0.3 is 0 Å². The molecule has 0 aliphatic rings. The van der Waals surface area contributed by atoms with Crippen molar-refractivity contribution >= 4 is 16.9 Å². The SMILES string of the molecule is COc1ccc(O)c(-c2nc3ccc(C(=O)NN)cc3[nH]2)c1. The number of benzene rings is 2. The average Bonchev–Trinajstić information content (AvgIpc) is 2.97. The second-order valence-corrected chi connectivity index (χ2v) is 4.67. The van der Waals surface area contributed by atoms with Gasteiger partial charge in [0.25, 0.3) is 5.91 Å². The third-order valence-electron chi connectivity index (χ3n) is 3.33. The molecule has 0 aliphatic heterocycles. The van der Waals surface area contributed by atoms with Crippen LogP contribution in [0.5, 0.6) is 11.5 Å². The van der Waals surface area contributed by atoms with Crippen molar-refractivity contribution in [1.82, 2.24) is 15.4 Å². The van der Waals surface area contributed by atoms with Crippen LogP contribution >= 0.6 is 0 Å². The number of hydrazine groups is 1. The summed E-state index contributed by atoms with van der Waals surface area (Å²) in [5, 5.41) is 9.99. The van der Waals surface area contributed by atoms with Gasteiger partial charge in [-0.25, -0.2) is 10.8 Å². The normalized spacial score (nSPS) is 10.6. The quantitative estimate of drug-likeness (QED) is 0.333. The lowest BCUT2D eigenvalue weighted by atomic mass is 10.2. The summed E-state index contributed by atoms with van der Waals surface area (Å²) in [7, 11) is 1.55. The standard InChI is InChI=1S/C15H14N4O3/c1-22-9-3-5-13(20)10(7-9)14-17-11-4-2-8(15(21)19-16)6-12(11)18-14/h2-7,20H,16H2,1H3,(H,17,18)(H,19,21). The summed E-state index contributed by atoms with van der Waals surface area (Å²) in [6.07, 6.45) is 0. The topological polar surface area (TPSA) is 113 Å². The number of methoxy groups -OCH3 is 1. The molecule has 112 valence electrons. The minimum atomic E-state index is -0.387. The van der Waals surface area contributed by atoms with Gasteiger partial charge in [0.15, 0.2) is 0 Å². The van der Waals surface area contributed by atoms with Gasteiger partial charge in [-0.2, -0.15) is 0 Å². The third-order valence-corrected chi connectivity index (χ3v) is 3.33. The number of carbonyl (C=O) groups excluding carboxylic acids is 1. The number of phenols is 1. The molecule has 0 saturated carbocycles. The highest BCUT2D eigenvalue weighted by molar-refractivity contribution is 5.97. The van der Waals surface area contributed by atoms with Crippen molar-refractivity contribution in [3.05, 3.63) is 42.0 Å². The van der Waals surface area contributed by atoms with E-state index in [4.69, 9.17) is 10.6 Å². The minimum Gasteiger partial charge on any atom is -0.507 e. The number of ether oxygens (including phenoxy) is 1. The number of rotatable bonds is 3. The van der Waals surface area contributed by atoms with Crippen LogP contribution in [0.1, 0.15) is 10.4 Å². The molecule has 3 aromatic rings. The molecule has 3 rings (SSSR count). The van der Waals surface area contributed by atoms with E-state index < -0.39 is 0 Å². The van der Waals surface area contributed by atoms with E-state index in [9.17, 15) is 9.90 Å². The number of nitrogen functional groups attached to an aromatic ring is 1. The van der Waals surface area contributed by atoms with Gasteiger partial charge in [0.2, 0.25) is 0 Å². The fraction of sp³-hybridized carbons (Fsp3) is 0.0667. The number of imidazole rings is 1. The van der Waals surface area contributed by atoms with Gasteiger partial charge in [-0.1, -0.05) is 0 Å². The summed E-state index contributed by atoms with van der Waals surface area (Å²) in [5.74, 6) is 5.91. The number of aromatic nitrogens is 2. The second-order valence-electron chi connectivity index (χ2n) is 4.67. The molecule has 7 nitrogen and oxygen atoms in total. The molecule has 2 aromatic carbocycles. The lowest BCUT2D eigenvalue weighted by molar-refractivity contribution is 0.0954. The van der Waals surface area contributed by atoms with Crippen molar-refractivity contribution in [2.24, 2.45) is 5.84 Å². The number of hydrogen-bond donors (Lipinski definition) is 4. The average molecular weight is 298 g/mol. The number of nitrogens with two attached hydrogens (primary N) is 1. The van der Waals surface area contributed by atoms with Gasteiger partial charge in [-0.3, -0.25) is 10.2 Å². The number of aromatic amines is 1. The molecule has 0 spiro atoms. The largest absolute Gasteiger partial charge is 0.507 e. The highest BCUT2D eigenvalue weighted by Gasteiger charge is 2.12. The fourth-order valence-corrected chi connectivity index (χ4v) is 2.19. The molecular formula is C15H14N4O3. The van der Waals surface area contributed by atoms with E-state index in [-0.39, 0.29) is 11.7 Å². The van der Waals surface area contributed by atoms with Crippen molar-refractivity contribution in [1.29, 1.82) is 0 Å². The van der Waals surface area contributed by atoms with Crippen LogP contribution in [0.25, 0.3) is 22.4 Å². The van der Waals surface area contributed by atoms with Crippen LogP contribution in [0.3, 0.4) is 0 Å². The molecule has 0 aliphatic carbocycles. The van der Waals surface area contributed by atoms with Crippen molar-refractivity contribution in [2.45, 2.75) is 0 Å². The molecule has 22 heavy (non-hydrogen) atoms. The van der Waals surface area contributed by atoms with Crippen molar-refractivity contribution < 1.29 is 14.6 Å². The first-order chi connectivity index (χ1) is 10.6. The van der Waals surface area contributed by atoms with Gasteiger partial charge < -0.3 is 14.8 Å². The predicted octanol–water partition coefficient (Wildman–Crippen LogP) is 1.55. The van der Waals surface area contributed by atoms with E-state index in [1.807, 2.05) is 0 Å². The number of phenolic OH excluding ortho intramolecular Hbond substituents is 1. The van der Waals surface area contributed by atoms with E-state index in [0.717, 1.165) is 0 Å². The molecule has 0 bridgehead atoms. The van der Waals surface area contributed by atoms with Crippen LogP contribution in [-0.4, -0.2) is 28.1 Å². The molecular weight excluding hydrogens is 284 g/mol. The van der Waals surface area contributed by atoms with E-state index in [1.54, 1.807) is 37.4 Å². The van der Waals surface area contributed by atoms with Crippen molar-refractivity contribution in [3.63, 3.8) is 0 Å². The first kappa shape index (κ1) is 13.9. The van der Waals surface area contributed by atoms with Crippen LogP contribution in [0.4, 0.5) is 0 Å². The van der Waals surface area contributed by atoms with Crippen molar-refractivity contribution in [2.75, 3.05) is 7.11 Å². The number of fused-ring (bicyclic) bond motifs is 1. The zero-order chi connectivity index (χ0) is 15.7. The summed E-state index contributed by atoms with van der Waals surface area (Å²) < 4.78 is 5.15. The lowest BCUT2D eigenvalue weighted by Gasteiger charge is -2.04. The van der Waals surface area contributed by atoms with Gasteiger partial charge in [-0.15, -0.1) is 0 Å². The Morgan fingerprint density at radius 2 is 2.14 bits per heavy atom. The summed E-state index contributed by atoms with van der Waals surface area (Å²) >= 11 is 0. The Hall–Kier alpha value is -3.06. The number of H-pyrrole nitrogens is 1. The maximum Gasteiger partial charge on any atom is 0.265 e. The zero-order valence-electron chi connectivity index (χ0n) is 11.8. The molecule has 0 fully saturated rings. The number of nitrogens with zero attached hydrogens (tertiary/aromatic N) is 1. The number of carbonyl (C=O) groups is 1. The van der Waals surface area contributed by atoms with Gasteiger partial charge in [-0.05, 0) is 36.4 Å². The highest BCUT2D eigenvalue weighted by Crippen LogP contribution is 2.32. The number of nitrogens with one attached hydrogen (secondary N) is 2. The monoisotopic (exact) mass is 298 g/mol. The van der Waals surface area contributed by atoms with E-state index in [0.29, 0.717) is 33.7 Å². The molecule has 1 amide bonds. The lowest BCUT2D eigenvalue weighted by Crippen LogP contribution is -2.29. The Balaban J connectivity index is 2.11. The Labute approximate surface area is 125 Å². The van der Waals surface area contributed by atoms with Crippen molar-refractivity contribution in [3.8, 4) is 22.9 Å². The maximum atomic E-state index is 11.5. The third kappa shape index (κ3) is 2.33. The first-order valence-corrected chi connectivity index (χ1v) is 6.50. The summed E-state index contributed by atoms with van der Waals surface area (Å²) in [4.78, 5) is 19.0. The number of hydrogen-bond acceptors (Lipinski definition) is 5. The Morgan fingerprint density at radius 3 is 2.86 bits per heavy atom. The van der Waals surface area contributed by atoms with Gasteiger partial charge in [0.05, 0.1) is 23.7 Å². The Kier molecular flexibility index (Phi) is 3.40. The van der Waals surface area contributed by atoms with Gasteiger partial charge in [0.1, 0.15) is 17.3 Å². The molecule has 1 aromatic heterocycles. The van der Waals surface area contributed by atoms with E-state index in [2.05, 4.69) is 15.4 Å². The summed E-state index contributed by atoms with van der Waals surface area (Å²) in [6.45, 7) is 0. The van der Waals surface area contributed by atoms with Crippen LogP contribution < -0.4 is 16.0 Å². The van der Waals surface area contributed by atoms with Crippen LogP contribution in [0, 0.1) is 0 Å². The smallest absolute Gasteiger partial charge is 0.265 e. The minimum absolute atomic E-state index is 0.0831. The molecule has 0 unspecified atom stereocenters. The zero-order valence-corrected chi connectivity index (χ0v) is 11.8. The molecule has 1 heterocycles. The number of aromatic hydroxyl groups is 1. The van der Waals surface area contributed by atoms with E-state index in [1.165, 1.54) is 6.07 Å². The van der Waals surface area contributed by atoms with Crippen LogP contribution in [0.15, 0.2) is 36.4 Å². The molecule has 0 saturated heterocycles. The Morgan fingerprint density at radius 1 is 1.32 bits per heavy atom. The van der Waals surface area contributed by atoms with Gasteiger partial charge in [0, 0.05) is 5.56 Å². The first-order valence-electron chi connectivity index (χ1n) is 6.50. The molecule has 5 N–H and O–H groups in total. The van der Waals surface area contributed by atoms with Crippen LogP contribution in [0.2, 0.25) is 0 Å². The summed E-state index contributed by atoms with van der Waals surface area (Å²) in [6, 6.07) is 9.85. The fourth-order valence-electron chi connectivity index (χ4n) is 2.19. The second kappa shape index (κ2) is 5.38. The molecule has 0 atom stereocenters. The highest BCUT2D eigenvalue weighted by atomic mass is 16.5. The maximum absolute atomic E-state index is 11.5. The predicted molar refractivity (Wildman–Crippen MR) is 81.4 cm³/mol. The van der Waals surface area contributed by atoms with Crippen LogP contribution in [-0.2, 0) is 0 Å². The molecule has 0 radical (unpaired) electrons.